The van der Waals surface area contributed by atoms with Crippen molar-refractivity contribution in [3.05, 3.63) is 23.6 Å². The summed E-state index contributed by atoms with van der Waals surface area (Å²) in [4.78, 5) is 4.45. The Hall–Kier alpha value is -1.75. The van der Waals surface area contributed by atoms with E-state index in [1.54, 1.807) is 25.6 Å². The largest absolute Gasteiger partial charge is 0.497 e. The van der Waals surface area contributed by atoms with Crippen LogP contribution in [0.25, 0.3) is 11.3 Å². The molecule has 0 atom stereocenters. The van der Waals surface area contributed by atoms with Crippen LogP contribution in [0.3, 0.4) is 0 Å². The number of ether oxygens (including phenoxy) is 2. The minimum absolute atomic E-state index is 0.761. The highest BCUT2D eigenvalue weighted by atomic mass is 32.1. The predicted octanol–water partition coefficient (Wildman–Crippen LogP) is 2.87. The average molecular weight is 250 g/mol. The second-order valence-corrected chi connectivity index (χ2v) is 4.21. The molecule has 1 heterocycles. The molecule has 0 spiro atoms. The zero-order valence-corrected chi connectivity index (χ0v) is 10.8. The van der Waals surface area contributed by atoms with Gasteiger partial charge in [0.2, 0.25) is 0 Å². The molecule has 5 heteroatoms. The first-order valence-corrected chi connectivity index (χ1v) is 6.02. The second-order valence-electron chi connectivity index (χ2n) is 3.35. The maximum atomic E-state index is 5.35. The van der Waals surface area contributed by atoms with Crippen LogP contribution in [0.4, 0.5) is 5.13 Å². The van der Waals surface area contributed by atoms with Crippen LogP contribution in [0.5, 0.6) is 11.5 Å². The van der Waals surface area contributed by atoms with E-state index < -0.39 is 0 Å². The molecule has 0 amide bonds. The summed E-state index contributed by atoms with van der Waals surface area (Å²) in [5.74, 6) is 1.53. The molecule has 0 unspecified atom stereocenters. The Kier molecular flexibility index (Phi) is 3.49. The van der Waals surface area contributed by atoms with Crippen LogP contribution >= 0.6 is 11.3 Å². The maximum absolute atomic E-state index is 5.35. The average Bonchev–Trinajstić information content (AvgIpc) is 2.86. The molecular formula is C12H14N2O2S. The Morgan fingerprint density at radius 3 is 2.65 bits per heavy atom. The number of nitrogens with one attached hydrogen (secondary N) is 1. The van der Waals surface area contributed by atoms with Crippen molar-refractivity contribution in [2.45, 2.75) is 0 Å². The summed E-state index contributed by atoms with van der Waals surface area (Å²) < 4.78 is 10.5. The number of methoxy groups -OCH3 is 2. The molecule has 90 valence electrons. The molecule has 0 aliphatic heterocycles. The van der Waals surface area contributed by atoms with Gasteiger partial charge in [0.05, 0.1) is 19.9 Å². The van der Waals surface area contributed by atoms with Gasteiger partial charge in [0.15, 0.2) is 5.13 Å². The highest BCUT2D eigenvalue weighted by Crippen LogP contribution is 2.34. The highest BCUT2D eigenvalue weighted by molar-refractivity contribution is 7.14. The lowest BCUT2D eigenvalue weighted by Gasteiger charge is -2.08. The fourth-order valence-electron chi connectivity index (χ4n) is 1.52. The van der Waals surface area contributed by atoms with Gasteiger partial charge >= 0.3 is 0 Å². The molecule has 0 aliphatic rings. The van der Waals surface area contributed by atoms with Gasteiger partial charge in [0, 0.05) is 24.1 Å². The molecule has 0 bridgehead atoms. The van der Waals surface area contributed by atoms with Crippen molar-refractivity contribution in [2.24, 2.45) is 0 Å². The summed E-state index contributed by atoms with van der Waals surface area (Å²) in [5, 5.41) is 5.90. The lowest BCUT2D eigenvalue weighted by molar-refractivity contribution is 0.395. The Morgan fingerprint density at radius 1 is 1.24 bits per heavy atom. The van der Waals surface area contributed by atoms with Gasteiger partial charge in [0.25, 0.3) is 0 Å². The second kappa shape index (κ2) is 5.05. The Labute approximate surface area is 104 Å². The fourth-order valence-corrected chi connectivity index (χ4v) is 2.19. The van der Waals surface area contributed by atoms with Crippen molar-refractivity contribution in [3.63, 3.8) is 0 Å². The SMILES string of the molecule is CNc1nc(-c2ccc(OC)cc2OC)cs1. The fraction of sp³-hybridized carbons (Fsp3) is 0.250. The van der Waals surface area contributed by atoms with E-state index in [9.17, 15) is 0 Å². The molecule has 1 aromatic carbocycles. The van der Waals surface area contributed by atoms with Crippen LogP contribution in [0, 0.1) is 0 Å². The normalized spacial score (nSPS) is 10.1. The number of aromatic nitrogens is 1. The third-order valence-corrected chi connectivity index (χ3v) is 3.26. The minimum atomic E-state index is 0.761. The third kappa shape index (κ3) is 2.34. The van der Waals surface area contributed by atoms with E-state index in [1.165, 1.54) is 0 Å². The number of thiazole rings is 1. The first kappa shape index (κ1) is 11.7. The van der Waals surface area contributed by atoms with Gasteiger partial charge in [-0.3, -0.25) is 0 Å². The number of anilines is 1. The van der Waals surface area contributed by atoms with Crippen LogP contribution in [-0.2, 0) is 0 Å². The molecule has 0 saturated heterocycles. The molecule has 0 saturated carbocycles. The summed E-state index contributed by atoms with van der Waals surface area (Å²) in [6, 6.07) is 5.70. The van der Waals surface area contributed by atoms with Gasteiger partial charge in [-0.15, -0.1) is 11.3 Å². The van der Waals surface area contributed by atoms with Crippen LogP contribution in [-0.4, -0.2) is 26.3 Å². The highest BCUT2D eigenvalue weighted by Gasteiger charge is 2.10. The van der Waals surface area contributed by atoms with E-state index in [-0.39, 0.29) is 0 Å². The van der Waals surface area contributed by atoms with Crippen LogP contribution in [0.2, 0.25) is 0 Å². The van der Waals surface area contributed by atoms with Gasteiger partial charge in [-0.25, -0.2) is 4.98 Å². The number of benzene rings is 1. The molecule has 1 N–H and O–H groups in total. The predicted molar refractivity (Wildman–Crippen MR) is 70.2 cm³/mol. The van der Waals surface area contributed by atoms with E-state index in [1.807, 2.05) is 30.6 Å². The molecule has 0 fully saturated rings. The van der Waals surface area contributed by atoms with Crippen molar-refractivity contribution < 1.29 is 9.47 Å². The molecule has 0 aliphatic carbocycles. The number of rotatable bonds is 4. The molecule has 2 rings (SSSR count). The quantitative estimate of drug-likeness (QED) is 0.906. The van der Waals surface area contributed by atoms with E-state index in [0.29, 0.717) is 0 Å². The van der Waals surface area contributed by atoms with Crippen molar-refractivity contribution in [2.75, 3.05) is 26.6 Å². The van der Waals surface area contributed by atoms with Crippen molar-refractivity contribution in [3.8, 4) is 22.8 Å². The summed E-state index contributed by atoms with van der Waals surface area (Å²) in [7, 11) is 5.13. The first-order chi connectivity index (χ1) is 8.28. The maximum Gasteiger partial charge on any atom is 0.182 e. The monoisotopic (exact) mass is 250 g/mol. The number of hydrogen-bond donors (Lipinski definition) is 1. The van der Waals surface area contributed by atoms with Crippen LogP contribution in [0.1, 0.15) is 0 Å². The van der Waals surface area contributed by atoms with Crippen molar-refractivity contribution in [1.29, 1.82) is 0 Å². The van der Waals surface area contributed by atoms with Crippen molar-refractivity contribution in [1.82, 2.24) is 4.98 Å². The first-order valence-electron chi connectivity index (χ1n) is 5.14. The summed E-state index contributed by atoms with van der Waals surface area (Å²) >= 11 is 1.56. The zero-order valence-electron chi connectivity index (χ0n) is 9.98. The summed E-state index contributed by atoms with van der Waals surface area (Å²) in [6.45, 7) is 0. The molecular weight excluding hydrogens is 236 g/mol. The molecule has 2 aromatic rings. The van der Waals surface area contributed by atoms with Gasteiger partial charge in [-0.2, -0.15) is 0 Å². The van der Waals surface area contributed by atoms with Gasteiger partial charge in [-0.1, -0.05) is 0 Å². The van der Waals surface area contributed by atoms with Gasteiger partial charge < -0.3 is 14.8 Å². The van der Waals surface area contributed by atoms with Crippen LogP contribution < -0.4 is 14.8 Å². The molecule has 1 aromatic heterocycles. The number of hydrogen-bond acceptors (Lipinski definition) is 5. The standard InChI is InChI=1S/C12H14N2O2S/c1-13-12-14-10(7-17-12)9-5-4-8(15-2)6-11(9)16-3/h4-7H,1-3H3,(H,13,14). The van der Waals surface area contributed by atoms with E-state index in [0.717, 1.165) is 27.9 Å². The van der Waals surface area contributed by atoms with Gasteiger partial charge in [0.1, 0.15) is 11.5 Å². The molecule has 4 nitrogen and oxygen atoms in total. The molecule has 0 radical (unpaired) electrons. The molecule has 17 heavy (non-hydrogen) atoms. The van der Waals surface area contributed by atoms with Crippen LogP contribution in [0.15, 0.2) is 23.6 Å². The Morgan fingerprint density at radius 2 is 2.06 bits per heavy atom. The Balaban J connectivity index is 2.43. The zero-order chi connectivity index (χ0) is 12.3. The van der Waals surface area contributed by atoms with E-state index >= 15 is 0 Å². The Bertz CT molecular complexity index is 511. The summed E-state index contributed by atoms with van der Waals surface area (Å²) in [5.41, 5.74) is 1.87. The minimum Gasteiger partial charge on any atom is -0.497 e. The van der Waals surface area contributed by atoms with E-state index in [4.69, 9.17) is 9.47 Å². The van der Waals surface area contributed by atoms with E-state index in [2.05, 4.69) is 10.3 Å². The smallest absolute Gasteiger partial charge is 0.182 e. The topological polar surface area (TPSA) is 43.4 Å². The summed E-state index contributed by atoms with van der Waals surface area (Å²) in [6.07, 6.45) is 0. The van der Waals surface area contributed by atoms with Crippen molar-refractivity contribution >= 4 is 16.5 Å². The lowest BCUT2D eigenvalue weighted by atomic mass is 10.1. The third-order valence-electron chi connectivity index (χ3n) is 2.40. The number of nitrogens with zero attached hydrogens (tertiary/aromatic N) is 1. The van der Waals surface area contributed by atoms with Gasteiger partial charge in [-0.05, 0) is 12.1 Å². The lowest BCUT2D eigenvalue weighted by Crippen LogP contribution is -1.91.